The first-order valence-corrected chi connectivity index (χ1v) is 8.27. The zero-order chi connectivity index (χ0) is 15.6. The van der Waals surface area contributed by atoms with Gasteiger partial charge in [0.25, 0.3) is 0 Å². The van der Waals surface area contributed by atoms with Crippen molar-refractivity contribution in [2.45, 2.75) is 20.5 Å². The Balaban J connectivity index is 1.95. The first-order valence-electron chi connectivity index (χ1n) is 6.68. The fourth-order valence-corrected chi connectivity index (χ4v) is 3.15. The highest BCUT2D eigenvalue weighted by atomic mass is 79.9. The maximum absolute atomic E-state index is 12.2. The van der Waals surface area contributed by atoms with Crippen LogP contribution in [0.3, 0.4) is 0 Å². The first kappa shape index (κ1) is 16.6. The molecule has 0 amide bonds. The Bertz CT molecular complexity index is 562. The van der Waals surface area contributed by atoms with Crippen LogP contribution in [0.15, 0.2) is 33.7 Å². The molecule has 1 saturated carbocycles. The van der Waals surface area contributed by atoms with Crippen molar-refractivity contribution >= 4 is 37.8 Å². The van der Waals surface area contributed by atoms with Gasteiger partial charge in [0.1, 0.15) is 12.4 Å². The predicted octanol–water partition coefficient (Wildman–Crippen LogP) is 4.64. The summed E-state index contributed by atoms with van der Waals surface area (Å²) < 4.78 is 11.5. The van der Waals surface area contributed by atoms with Gasteiger partial charge in [0.05, 0.1) is 16.4 Å². The van der Waals surface area contributed by atoms with Gasteiger partial charge < -0.3 is 9.47 Å². The fourth-order valence-electron chi connectivity index (χ4n) is 2.58. The molecule has 0 unspecified atom stereocenters. The Morgan fingerprint density at radius 3 is 2.71 bits per heavy atom. The van der Waals surface area contributed by atoms with E-state index in [-0.39, 0.29) is 29.8 Å². The van der Waals surface area contributed by atoms with Gasteiger partial charge in [-0.05, 0) is 60.9 Å². The van der Waals surface area contributed by atoms with Gasteiger partial charge in [-0.25, -0.2) is 0 Å². The Labute approximate surface area is 142 Å². The third-order valence-corrected chi connectivity index (χ3v) is 4.51. The third-order valence-electron chi connectivity index (χ3n) is 3.99. The molecular weight excluding hydrogens is 400 g/mol. The number of ether oxygens (including phenoxy) is 2. The van der Waals surface area contributed by atoms with Crippen molar-refractivity contribution in [2.75, 3.05) is 7.11 Å². The molecule has 0 spiro atoms. The second-order valence-electron chi connectivity index (χ2n) is 5.74. The van der Waals surface area contributed by atoms with Crippen LogP contribution in [0.5, 0.6) is 5.75 Å². The van der Waals surface area contributed by atoms with E-state index in [4.69, 9.17) is 9.47 Å². The smallest absolute Gasteiger partial charge is 0.310 e. The van der Waals surface area contributed by atoms with Crippen molar-refractivity contribution in [1.29, 1.82) is 0 Å². The normalized spacial score (nSPS) is 22.3. The van der Waals surface area contributed by atoms with E-state index in [9.17, 15) is 4.79 Å². The van der Waals surface area contributed by atoms with Crippen LogP contribution >= 0.6 is 31.9 Å². The van der Waals surface area contributed by atoms with E-state index in [1.165, 1.54) is 0 Å². The van der Waals surface area contributed by atoms with Crippen molar-refractivity contribution in [3.05, 3.63) is 39.3 Å². The number of hydrogen-bond acceptors (Lipinski definition) is 3. The topological polar surface area (TPSA) is 35.5 Å². The Morgan fingerprint density at radius 1 is 1.38 bits per heavy atom. The number of carbonyl (C=O) groups is 1. The number of allylic oxidation sites excluding steroid dienone is 1. The zero-order valence-corrected chi connectivity index (χ0v) is 15.4. The lowest BCUT2D eigenvalue weighted by atomic mass is 10.1. The standard InChI is InChI=1S/C16H18Br2O3/c1-16(2)12(8-13(17)18)14(16)15(19)21-9-10-5-4-6-11(7-10)20-3/h4-8,12,14H,9H2,1-3H3/t12-,14-/m0/s1. The minimum atomic E-state index is -0.148. The van der Waals surface area contributed by atoms with Crippen molar-refractivity contribution in [3.8, 4) is 5.75 Å². The molecule has 1 aromatic rings. The summed E-state index contributed by atoms with van der Waals surface area (Å²) in [6, 6.07) is 7.54. The molecule has 0 bridgehead atoms. The molecule has 5 heteroatoms. The minimum absolute atomic E-state index is 0.0573. The van der Waals surface area contributed by atoms with Crippen molar-refractivity contribution in [3.63, 3.8) is 0 Å². The Morgan fingerprint density at radius 2 is 2.10 bits per heavy atom. The maximum Gasteiger partial charge on any atom is 0.310 e. The van der Waals surface area contributed by atoms with E-state index in [0.29, 0.717) is 0 Å². The van der Waals surface area contributed by atoms with Crippen LogP contribution in [-0.2, 0) is 16.1 Å². The van der Waals surface area contributed by atoms with E-state index in [0.717, 1.165) is 14.7 Å². The number of esters is 1. The molecule has 0 radical (unpaired) electrons. The van der Waals surface area contributed by atoms with Gasteiger partial charge in [0.15, 0.2) is 0 Å². The third kappa shape index (κ3) is 3.89. The van der Waals surface area contributed by atoms with E-state index in [1.807, 2.05) is 30.3 Å². The molecule has 1 aromatic carbocycles. The lowest BCUT2D eigenvalue weighted by Gasteiger charge is -2.07. The van der Waals surface area contributed by atoms with Gasteiger partial charge in [-0.1, -0.05) is 32.1 Å². The summed E-state index contributed by atoms with van der Waals surface area (Å²) >= 11 is 6.69. The van der Waals surface area contributed by atoms with Crippen molar-refractivity contribution in [2.24, 2.45) is 17.3 Å². The van der Waals surface area contributed by atoms with Gasteiger partial charge in [-0.2, -0.15) is 0 Å². The fraction of sp³-hybridized carbons (Fsp3) is 0.438. The average molecular weight is 418 g/mol. The van der Waals surface area contributed by atoms with Crippen LogP contribution in [0.25, 0.3) is 0 Å². The van der Waals surface area contributed by atoms with E-state index in [1.54, 1.807) is 7.11 Å². The molecule has 0 aromatic heterocycles. The number of rotatable bonds is 5. The Kier molecular flexibility index (Phi) is 5.15. The lowest BCUT2D eigenvalue weighted by Crippen LogP contribution is -2.10. The second kappa shape index (κ2) is 6.53. The molecule has 3 nitrogen and oxygen atoms in total. The van der Waals surface area contributed by atoms with Crippen LogP contribution in [-0.4, -0.2) is 13.1 Å². The lowest BCUT2D eigenvalue weighted by molar-refractivity contribution is -0.147. The molecule has 21 heavy (non-hydrogen) atoms. The van der Waals surface area contributed by atoms with E-state index < -0.39 is 0 Å². The average Bonchev–Trinajstić information content (AvgIpc) is 2.96. The number of hydrogen-bond donors (Lipinski definition) is 0. The quantitative estimate of drug-likeness (QED) is 0.654. The van der Waals surface area contributed by atoms with E-state index >= 15 is 0 Å². The van der Waals surface area contributed by atoms with Gasteiger partial charge in [0.2, 0.25) is 0 Å². The SMILES string of the molecule is COc1cccc(COC(=O)[C@@H]2[C@H](C=C(Br)Br)C2(C)C)c1. The summed E-state index contributed by atoms with van der Waals surface area (Å²) in [6.45, 7) is 4.43. The maximum atomic E-state index is 12.2. The first-order chi connectivity index (χ1) is 9.86. The molecule has 2 atom stereocenters. The zero-order valence-electron chi connectivity index (χ0n) is 12.2. The summed E-state index contributed by atoms with van der Waals surface area (Å²) in [5.41, 5.74) is 0.869. The molecule has 1 aliphatic carbocycles. The molecular formula is C16H18Br2O3. The highest BCUT2D eigenvalue weighted by Crippen LogP contribution is 2.60. The van der Waals surface area contributed by atoms with Crippen LogP contribution in [0.4, 0.5) is 0 Å². The summed E-state index contributed by atoms with van der Waals surface area (Å²) in [5, 5.41) is 0. The largest absolute Gasteiger partial charge is 0.497 e. The molecule has 0 N–H and O–H groups in total. The highest BCUT2D eigenvalue weighted by molar-refractivity contribution is 9.28. The van der Waals surface area contributed by atoms with Crippen molar-refractivity contribution in [1.82, 2.24) is 0 Å². The van der Waals surface area contributed by atoms with E-state index in [2.05, 4.69) is 45.7 Å². The second-order valence-corrected chi connectivity index (χ2v) is 8.51. The molecule has 1 fully saturated rings. The molecule has 0 aliphatic heterocycles. The number of carbonyl (C=O) groups excluding carboxylic acids is 1. The van der Waals surface area contributed by atoms with Gasteiger partial charge >= 0.3 is 5.97 Å². The molecule has 2 rings (SSSR count). The number of methoxy groups -OCH3 is 1. The monoisotopic (exact) mass is 416 g/mol. The van der Waals surface area contributed by atoms with Gasteiger partial charge in [0, 0.05) is 0 Å². The number of benzene rings is 1. The highest BCUT2D eigenvalue weighted by Gasteiger charge is 2.61. The molecule has 0 heterocycles. The number of halogens is 2. The summed E-state index contributed by atoms with van der Waals surface area (Å²) in [4.78, 5) is 12.2. The van der Waals surface area contributed by atoms with Crippen LogP contribution in [0.2, 0.25) is 0 Å². The summed E-state index contributed by atoms with van der Waals surface area (Å²) in [7, 11) is 1.62. The van der Waals surface area contributed by atoms with Crippen LogP contribution in [0, 0.1) is 17.3 Å². The summed E-state index contributed by atoms with van der Waals surface area (Å²) in [5.74, 6) is 0.724. The van der Waals surface area contributed by atoms with Crippen LogP contribution in [0.1, 0.15) is 19.4 Å². The van der Waals surface area contributed by atoms with Gasteiger partial charge in [-0.3, -0.25) is 4.79 Å². The van der Waals surface area contributed by atoms with Gasteiger partial charge in [-0.15, -0.1) is 0 Å². The molecule has 114 valence electrons. The summed E-state index contributed by atoms with van der Waals surface area (Å²) in [6.07, 6.45) is 2.01. The Hall–Kier alpha value is -0.810. The molecule has 1 aliphatic rings. The van der Waals surface area contributed by atoms with Crippen LogP contribution < -0.4 is 4.74 Å². The minimum Gasteiger partial charge on any atom is -0.497 e. The van der Waals surface area contributed by atoms with Crippen molar-refractivity contribution < 1.29 is 14.3 Å². The molecule has 0 saturated heterocycles. The predicted molar refractivity (Wildman–Crippen MR) is 89.5 cm³/mol.